The first-order valence-electron chi connectivity index (χ1n) is 6.42. The Morgan fingerprint density at radius 2 is 1.94 bits per heavy atom. The van der Waals surface area contributed by atoms with Gasteiger partial charge in [0.05, 0.1) is 11.0 Å². The summed E-state index contributed by atoms with van der Waals surface area (Å²) in [5.74, 6) is 0.152. The second-order valence-corrected chi connectivity index (χ2v) is 6.12. The summed E-state index contributed by atoms with van der Waals surface area (Å²) >= 11 is 4.95. The van der Waals surface area contributed by atoms with Gasteiger partial charge in [-0.05, 0) is 34.2 Å². The fourth-order valence-corrected chi connectivity index (χ4v) is 1.48. The van der Waals surface area contributed by atoms with Crippen molar-refractivity contribution in [3.05, 3.63) is 0 Å². The van der Waals surface area contributed by atoms with Crippen LogP contribution in [0.25, 0.3) is 0 Å². The van der Waals surface area contributed by atoms with Crippen molar-refractivity contribution in [1.29, 1.82) is 0 Å². The lowest BCUT2D eigenvalue weighted by molar-refractivity contribution is -0.127. The predicted octanol–water partition coefficient (Wildman–Crippen LogP) is 1.53. The number of thiocarbonyl (C=S) groups is 1. The summed E-state index contributed by atoms with van der Waals surface area (Å²) in [6, 6.07) is -0.187. The first kappa shape index (κ1) is 17.3. The lowest BCUT2D eigenvalue weighted by Gasteiger charge is -2.31. The Labute approximate surface area is 116 Å². The monoisotopic (exact) mass is 273 g/mol. The van der Waals surface area contributed by atoms with Gasteiger partial charge in [-0.2, -0.15) is 0 Å². The SMILES string of the molecule is CCC(C)(C)NC(=O)C(C)N(C)CC(C)C(N)=S. The molecular formula is C13H27N3OS. The molecule has 18 heavy (non-hydrogen) atoms. The van der Waals surface area contributed by atoms with E-state index in [1.807, 2.05) is 39.6 Å². The lowest BCUT2D eigenvalue weighted by atomic mass is 10.0. The Kier molecular flexibility index (Phi) is 6.78. The van der Waals surface area contributed by atoms with Crippen LogP contribution in [0, 0.1) is 5.92 Å². The summed E-state index contributed by atoms with van der Waals surface area (Å²) in [7, 11) is 1.91. The molecule has 2 unspecified atom stereocenters. The quantitative estimate of drug-likeness (QED) is 0.691. The maximum atomic E-state index is 12.1. The van der Waals surface area contributed by atoms with Crippen LogP contribution in [-0.2, 0) is 4.79 Å². The third kappa shape index (κ3) is 5.78. The van der Waals surface area contributed by atoms with Crippen LogP contribution in [0.2, 0.25) is 0 Å². The molecule has 0 saturated carbocycles. The smallest absolute Gasteiger partial charge is 0.237 e. The van der Waals surface area contributed by atoms with Gasteiger partial charge in [0.25, 0.3) is 0 Å². The number of likely N-dealkylation sites (N-methyl/N-ethyl adjacent to an activating group) is 1. The van der Waals surface area contributed by atoms with Gasteiger partial charge in [0.2, 0.25) is 5.91 Å². The van der Waals surface area contributed by atoms with Crippen molar-refractivity contribution in [2.45, 2.75) is 52.6 Å². The first-order valence-corrected chi connectivity index (χ1v) is 6.83. The Morgan fingerprint density at radius 1 is 1.44 bits per heavy atom. The lowest BCUT2D eigenvalue weighted by Crippen LogP contribution is -2.52. The van der Waals surface area contributed by atoms with Crippen LogP contribution in [0.3, 0.4) is 0 Å². The van der Waals surface area contributed by atoms with Crippen LogP contribution in [-0.4, -0.2) is 41.0 Å². The highest BCUT2D eigenvalue weighted by Crippen LogP contribution is 2.09. The molecule has 0 radical (unpaired) electrons. The summed E-state index contributed by atoms with van der Waals surface area (Å²) in [4.78, 5) is 14.6. The molecule has 0 heterocycles. The van der Waals surface area contributed by atoms with Crippen LogP contribution in [0.4, 0.5) is 0 Å². The van der Waals surface area contributed by atoms with E-state index >= 15 is 0 Å². The van der Waals surface area contributed by atoms with Crippen LogP contribution < -0.4 is 11.1 Å². The van der Waals surface area contributed by atoms with Gasteiger partial charge < -0.3 is 11.1 Å². The molecule has 0 bridgehead atoms. The highest BCUT2D eigenvalue weighted by Gasteiger charge is 2.25. The maximum absolute atomic E-state index is 12.1. The van der Waals surface area contributed by atoms with Crippen LogP contribution in [0.15, 0.2) is 0 Å². The summed E-state index contributed by atoms with van der Waals surface area (Å²) < 4.78 is 0. The zero-order valence-electron chi connectivity index (χ0n) is 12.4. The van der Waals surface area contributed by atoms with Gasteiger partial charge in [0.1, 0.15) is 0 Å². The molecule has 1 amide bonds. The minimum Gasteiger partial charge on any atom is -0.393 e. The second-order valence-electron chi connectivity index (χ2n) is 5.65. The number of hydrogen-bond donors (Lipinski definition) is 2. The van der Waals surface area contributed by atoms with Crippen LogP contribution in [0.1, 0.15) is 41.0 Å². The number of carbonyl (C=O) groups is 1. The average molecular weight is 273 g/mol. The molecule has 0 aliphatic rings. The number of carbonyl (C=O) groups excluding carboxylic acids is 1. The number of rotatable bonds is 7. The molecule has 0 rings (SSSR count). The van der Waals surface area contributed by atoms with Crippen LogP contribution >= 0.6 is 12.2 Å². The largest absolute Gasteiger partial charge is 0.393 e. The van der Waals surface area contributed by atoms with Crippen molar-refractivity contribution in [1.82, 2.24) is 10.2 Å². The Bertz CT molecular complexity index is 305. The molecular weight excluding hydrogens is 246 g/mol. The molecule has 0 aliphatic heterocycles. The van der Waals surface area contributed by atoms with E-state index in [0.29, 0.717) is 11.5 Å². The molecule has 0 fully saturated rings. The van der Waals surface area contributed by atoms with E-state index in [2.05, 4.69) is 12.2 Å². The van der Waals surface area contributed by atoms with E-state index in [1.54, 1.807) is 0 Å². The van der Waals surface area contributed by atoms with Crippen LogP contribution in [0.5, 0.6) is 0 Å². The van der Waals surface area contributed by atoms with Gasteiger partial charge in [-0.3, -0.25) is 9.69 Å². The standard InChI is InChI=1S/C13H27N3OS/c1-7-13(4,5)15-12(17)10(3)16(6)8-9(2)11(14)18/h9-10H,7-8H2,1-6H3,(H2,14,18)(H,15,17). The molecule has 106 valence electrons. The van der Waals surface area contributed by atoms with Gasteiger partial charge in [-0.15, -0.1) is 0 Å². The van der Waals surface area contributed by atoms with Crippen molar-refractivity contribution < 1.29 is 4.79 Å². The number of nitrogens with zero attached hydrogens (tertiary/aromatic N) is 1. The van der Waals surface area contributed by atoms with Crippen molar-refractivity contribution in [2.24, 2.45) is 11.7 Å². The zero-order valence-corrected chi connectivity index (χ0v) is 13.2. The Morgan fingerprint density at radius 3 is 2.33 bits per heavy atom. The van der Waals surface area contributed by atoms with Gasteiger partial charge in [0, 0.05) is 18.0 Å². The molecule has 0 aromatic heterocycles. The Hall–Kier alpha value is -0.680. The summed E-state index contributed by atoms with van der Waals surface area (Å²) in [6.45, 7) is 10.7. The van der Waals surface area contributed by atoms with E-state index in [-0.39, 0.29) is 23.4 Å². The van der Waals surface area contributed by atoms with Crippen molar-refractivity contribution in [2.75, 3.05) is 13.6 Å². The molecule has 3 N–H and O–H groups in total. The Balaban J connectivity index is 4.42. The number of nitrogens with one attached hydrogen (secondary N) is 1. The second kappa shape index (κ2) is 7.04. The molecule has 0 spiro atoms. The van der Waals surface area contributed by atoms with E-state index in [9.17, 15) is 4.79 Å². The van der Waals surface area contributed by atoms with E-state index in [4.69, 9.17) is 18.0 Å². The zero-order chi connectivity index (χ0) is 14.5. The maximum Gasteiger partial charge on any atom is 0.237 e. The van der Waals surface area contributed by atoms with E-state index < -0.39 is 0 Å². The average Bonchev–Trinajstić information content (AvgIpc) is 2.26. The topological polar surface area (TPSA) is 58.4 Å². The highest BCUT2D eigenvalue weighted by atomic mass is 32.1. The third-order valence-electron chi connectivity index (χ3n) is 3.43. The minimum atomic E-state index is -0.187. The minimum absolute atomic E-state index is 0.0412. The van der Waals surface area contributed by atoms with Gasteiger partial charge in [-0.25, -0.2) is 0 Å². The molecule has 5 heteroatoms. The number of amides is 1. The van der Waals surface area contributed by atoms with Gasteiger partial charge in [0.15, 0.2) is 0 Å². The molecule has 2 atom stereocenters. The fraction of sp³-hybridized carbons (Fsp3) is 0.846. The van der Waals surface area contributed by atoms with Gasteiger partial charge in [-0.1, -0.05) is 26.1 Å². The molecule has 0 aromatic carbocycles. The normalized spacial score (nSPS) is 15.3. The molecule has 0 aliphatic carbocycles. The van der Waals surface area contributed by atoms with Crippen molar-refractivity contribution in [3.63, 3.8) is 0 Å². The molecule has 0 saturated heterocycles. The number of nitrogens with two attached hydrogens (primary N) is 1. The summed E-state index contributed by atoms with van der Waals surface area (Å²) in [6.07, 6.45) is 0.901. The highest BCUT2D eigenvalue weighted by molar-refractivity contribution is 7.80. The summed E-state index contributed by atoms with van der Waals surface area (Å²) in [5.41, 5.74) is 5.42. The van der Waals surface area contributed by atoms with Gasteiger partial charge >= 0.3 is 0 Å². The molecule has 0 aromatic rings. The van der Waals surface area contributed by atoms with Crippen molar-refractivity contribution >= 4 is 23.1 Å². The van der Waals surface area contributed by atoms with E-state index in [1.165, 1.54) is 0 Å². The summed E-state index contributed by atoms with van der Waals surface area (Å²) in [5, 5.41) is 3.04. The first-order chi connectivity index (χ1) is 8.10. The third-order valence-corrected chi connectivity index (χ3v) is 3.84. The fourth-order valence-electron chi connectivity index (χ4n) is 1.41. The molecule has 4 nitrogen and oxygen atoms in total. The predicted molar refractivity (Wildman–Crippen MR) is 80.6 cm³/mol. The van der Waals surface area contributed by atoms with Crippen molar-refractivity contribution in [3.8, 4) is 0 Å². The number of hydrogen-bond acceptors (Lipinski definition) is 3. The van der Waals surface area contributed by atoms with E-state index in [0.717, 1.165) is 6.42 Å².